The fourth-order valence-corrected chi connectivity index (χ4v) is 2.58. The predicted molar refractivity (Wildman–Crippen MR) is 59.5 cm³/mol. The molecule has 0 aliphatic heterocycles. The quantitative estimate of drug-likeness (QED) is 0.824. The molecule has 15 heavy (non-hydrogen) atoms. The molecule has 1 aromatic rings. The van der Waals surface area contributed by atoms with Gasteiger partial charge in [-0.25, -0.2) is 4.98 Å². The summed E-state index contributed by atoms with van der Waals surface area (Å²) in [7, 11) is 2.00. The van der Waals surface area contributed by atoms with Crippen molar-refractivity contribution in [1.29, 1.82) is 0 Å². The van der Waals surface area contributed by atoms with Crippen LogP contribution in [0.25, 0.3) is 0 Å². The second kappa shape index (κ2) is 3.97. The van der Waals surface area contributed by atoms with Gasteiger partial charge in [0.25, 0.3) is 0 Å². The number of hydrogen-bond acceptors (Lipinski definition) is 2. The Balaban J connectivity index is 1.91. The standard InChI is InChI=1S/C12H20N2O/c1-10-3-5-12(15,9-10)6-4-11-13-7-8-14(11)2/h7-8,10,15H,3-6,9H2,1-2H3. The minimum absolute atomic E-state index is 0.425. The van der Waals surface area contributed by atoms with E-state index in [0.717, 1.165) is 37.9 Å². The molecule has 0 bridgehead atoms. The van der Waals surface area contributed by atoms with Crippen molar-refractivity contribution < 1.29 is 5.11 Å². The molecular weight excluding hydrogens is 188 g/mol. The molecule has 2 atom stereocenters. The van der Waals surface area contributed by atoms with E-state index in [1.807, 2.05) is 24.0 Å². The summed E-state index contributed by atoms with van der Waals surface area (Å²) in [6.45, 7) is 2.22. The van der Waals surface area contributed by atoms with E-state index in [9.17, 15) is 5.11 Å². The molecule has 1 N–H and O–H groups in total. The fourth-order valence-electron chi connectivity index (χ4n) is 2.58. The van der Waals surface area contributed by atoms with Gasteiger partial charge in [-0.15, -0.1) is 0 Å². The van der Waals surface area contributed by atoms with E-state index >= 15 is 0 Å². The molecule has 2 rings (SSSR count). The molecule has 0 amide bonds. The van der Waals surface area contributed by atoms with Gasteiger partial charge in [0.1, 0.15) is 5.82 Å². The van der Waals surface area contributed by atoms with Gasteiger partial charge < -0.3 is 9.67 Å². The number of nitrogens with zero attached hydrogens (tertiary/aromatic N) is 2. The summed E-state index contributed by atoms with van der Waals surface area (Å²) in [6, 6.07) is 0. The van der Waals surface area contributed by atoms with Crippen LogP contribution in [-0.4, -0.2) is 20.3 Å². The lowest BCUT2D eigenvalue weighted by atomic mass is 9.94. The summed E-state index contributed by atoms with van der Waals surface area (Å²) in [4.78, 5) is 4.28. The lowest BCUT2D eigenvalue weighted by molar-refractivity contribution is 0.0350. The van der Waals surface area contributed by atoms with E-state index in [2.05, 4.69) is 11.9 Å². The zero-order chi connectivity index (χ0) is 10.9. The average Bonchev–Trinajstić information content (AvgIpc) is 2.71. The van der Waals surface area contributed by atoms with E-state index in [1.54, 1.807) is 0 Å². The Morgan fingerprint density at radius 2 is 2.47 bits per heavy atom. The van der Waals surface area contributed by atoms with E-state index in [1.165, 1.54) is 0 Å². The predicted octanol–water partition coefficient (Wildman–Crippen LogP) is 1.90. The second-order valence-electron chi connectivity index (χ2n) is 5.03. The molecule has 3 heteroatoms. The van der Waals surface area contributed by atoms with E-state index < -0.39 is 5.60 Å². The highest BCUT2D eigenvalue weighted by Crippen LogP contribution is 2.37. The van der Waals surface area contributed by atoms with Gasteiger partial charge in [0, 0.05) is 25.9 Å². The van der Waals surface area contributed by atoms with Crippen LogP contribution < -0.4 is 0 Å². The van der Waals surface area contributed by atoms with Gasteiger partial charge in [0.05, 0.1) is 5.60 Å². The molecule has 1 heterocycles. The van der Waals surface area contributed by atoms with Crippen LogP contribution in [-0.2, 0) is 13.5 Å². The summed E-state index contributed by atoms with van der Waals surface area (Å²) in [5, 5.41) is 10.3. The van der Waals surface area contributed by atoms with Crippen molar-refractivity contribution in [2.45, 2.75) is 44.6 Å². The first-order chi connectivity index (χ1) is 7.09. The van der Waals surface area contributed by atoms with Crippen molar-refractivity contribution in [1.82, 2.24) is 9.55 Å². The third-order valence-corrected chi connectivity index (χ3v) is 3.57. The Kier molecular flexibility index (Phi) is 2.83. The molecule has 0 radical (unpaired) electrons. The van der Waals surface area contributed by atoms with E-state index in [0.29, 0.717) is 5.92 Å². The minimum atomic E-state index is -0.425. The Morgan fingerprint density at radius 1 is 1.67 bits per heavy atom. The zero-order valence-electron chi connectivity index (χ0n) is 9.61. The van der Waals surface area contributed by atoms with Gasteiger partial charge in [-0.2, -0.15) is 0 Å². The van der Waals surface area contributed by atoms with Gasteiger partial charge in [0.2, 0.25) is 0 Å². The normalized spacial score (nSPS) is 31.0. The zero-order valence-corrected chi connectivity index (χ0v) is 9.61. The molecule has 1 fully saturated rings. The van der Waals surface area contributed by atoms with Gasteiger partial charge >= 0.3 is 0 Å². The fraction of sp³-hybridized carbons (Fsp3) is 0.750. The summed E-state index contributed by atoms with van der Waals surface area (Å²) in [6.07, 6.45) is 8.58. The van der Waals surface area contributed by atoms with Crippen molar-refractivity contribution in [2.24, 2.45) is 13.0 Å². The molecule has 1 aromatic heterocycles. The summed E-state index contributed by atoms with van der Waals surface area (Å²) < 4.78 is 2.03. The van der Waals surface area contributed by atoms with Crippen LogP contribution >= 0.6 is 0 Å². The third-order valence-electron chi connectivity index (χ3n) is 3.57. The summed E-state index contributed by atoms with van der Waals surface area (Å²) in [5.41, 5.74) is -0.425. The largest absolute Gasteiger partial charge is 0.390 e. The average molecular weight is 208 g/mol. The molecule has 0 aromatic carbocycles. The Labute approximate surface area is 91.1 Å². The van der Waals surface area contributed by atoms with E-state index in [4.69, 9.17) is 0 Å². The highest BCUT2D eigenvalue weighted by atomic mass is 16.3. The highest BCUT2D eigenvalue weighted by molar-refractivity contribution is 4.95. The van der Waals surface area contributed by atoms with Crippen LogP contribution in [0.1, 0.15) is 38.4 Å². The van der Waals surface area contributed by atoms with Crippen molar-refractivity contribution >= 4 is 0 Å². The smallest absolute Gasteiger partial charge is 0.108 e. The monoisotopic (exact) mass is 208 g/mol. The first-order valence-corrected chi connectivity index (χ1v) is 5.78. The molecule has 0 spiro atoms. The van der Waals surface area contributed by atoms with Gasteiger partial charge in [0.15, 0.2) is 0 Å². The van der Waals surface area contributed by atoms with Gasteiger partial charge in [-0.1, -0.05) is 6.92 Å². The molecule has 84 valence electrons. The second-order valence-corrected chi connectivity index (χ2v) is 5.03. The van der Waals surface area contributed by atoms with Crippen molar-refractivity contribution in [3.8, 4) is 0 Å². The Bertz CT molecular complexity index is 334. The van der Waals surface area contributed by atoms with Crippen LogP contribution in [0.4, 0.5) is 0 Å². The molecule has 2 unspecified atom stereocenters. The molecular formula is C12H20N2O. The van der Waals surface area contributed by atoms with Crippen LogP contribution in [0.2, 0.25) is 0 Å². The minimum Gasteiger partial charge on any atom is -0.390 e. The van der Waals surface area contributed by atoms with Crippen LogP contribution in [0, 0.1) is 5.92 Å². The van der Waals surface area contributed by atoms with Crippen LogP contribution in [0.15, 0.2) is 12.4 Å². The third kappa shape index (κ3) is 2.40. The summed E-state index contributed by atoms with van der Waals surface area (Å²) in [5.74, 6) is 1.75. The Hall–Kier alpha value is -0.830. The molecule has 1 saturated carbocycles. The number of aryl methyl sites for hydroxylation is 2. The lowest BCUT2D eigenvalue weighted by Gasteiger charge is -2.22. The first kappa shape index (κ1) is 10.7. The topological polar surface area (TPSA) is 38.1 Å². The number of imidazole rings is 1. The van der Waals surface area contributed by atoms with Crippen LogP contribution in [0.5, 0.6) is 0 Å². The first-order valence-electron chi connectivity index (χ1n) is 5.78. The maximum Gasteiger partial charge on any atom is 0.108 e. The van der Waals surface area contributed by atoms with Crippen molar-refractivity contribution in [2.75, 3.05) is 0 Å². The van der Waals surface area contributed by atoms with E-state index in [-0.39, 0.29) is 0 Å². The number of aliphatic hydroxyl groups is 1. The number of aromatic nitrogens is 2. The van der Waals surface area contributed by atoms with Gasteiger partial charge in [-0.3, -0.25) is 0 Å². The maximum atomic E-state index is 10.3. The number of hydrogen-bond donors (Lipinski definition) is 1. The molecule has 3 nitrogen and oxygen atoms in total. The Morgan fingerprint density at radius 3 is 3.00 bits per heavy atom. The van der Waals surface area contributed by atoms with Crippen LogP contribution in [0.3, 0.4) is 0 Å². The molecule has 1 aliphatic rings. The lowest BCUT2D eigenvalue weighted by Crippen LogP contribution is -2.25. The molecule has 0 saturated heterocycles. The van der Waals surface area contributed by atoms with Crippen molar-refractivity contribution in [3.05, 3.63) is 18.2 Å². The highest BCUT2D eigenvalue weighted by Gasteiger charge is 2.34. The molecule has 1 aliphatic carbocycles. The van der Waals surface area contributed by atoms with Crippen molar-refractivity contribution in [3.63, 3.8) is 0 Å². The number of rotatable bonds is 3. The SMILES string of the molecule is CC1CCC(O)(CCc2nccn2C)C1. The maximum absolute atomic E-state index is 10.3. The van der Waals surface area contributed by atoms with Gasteiger partial charge in [-0.05, 0) is 31.6 Å². The summed E-state index contributed by atoms with van der Waals surface area (Å²) >= 11 is 0.